The molecule has 1 aliphatic heterocycles. The molecule has 28 heavy (non-hydrogen) atoms. The van der Waals surface area contributed by atoms with Gasteiger partial charge in [0.25, 0.3) is 0 Å². The van der Waals surface area contributed by atoms with Crippen LogP contribution in [0.1, 0.15) is 56.9 Å². The highest BCUT2D eigenvalue weighted by Crippen LogP contribution is 2.30. The van der Waals surface area contributed by atoms with Crippen molar-refractivity contribution in [2.45, 2.75) is 62.3 Å². The van der Waals surface area contributed by atoms with E-state index in [4.69, 9.17) is 4.74 Å². The van der Waals surface area contributed by atoms with Gasteiger partial charge in [0.15, 0.2) is 0 Å². The zero-order valence-electron chi connectivity index (χ0n) is 16.5. The average molecular weight is 407 g/mol. The number of methoxy groups -OCH3 is 1. The molecule has 6 nitrogen and oxygen atoms in total. The second-order valence-corrected chi connectivity index (χ2v) is 9.46. The first-order valence-electron chi connectivity index (χ1n) is 10.2. The lowest BCUT2D eigenvalue weighted by molar-refractivity contribution is -0.117. The lowest BCUT2D eigenvalue weighted by Gasteiger charge is -2.26. The Labute approximate surface area is 168 Å². The number of hydrogen-bond acceptors (Lipinski definition) is 4. The molecule has 1 aliphatic carbocycles. The van der Waals surface area contributed by atoms with E-state index in [9.17, 15) is 13.2 Å². The molecule has 0 radical (unpaired) electrons. The minimum atomic E-state index is -3.61. The van der Waals surface area contributed by atoms with Gasteiger partial charge in [0.05, 0.1) is 7.11 Å². The van der Waals surface area contributed by atoms with Gasteiger partial charge in [-0.1, -0.05) is 31.7 Å². The monoisotopic (exact) mass is 406 g/mol. The summed E-state index contributed by atoms with van der Waals surface area (Å²) >= 11 is 0. The summed E-state index contributed by atoms with van der Waals surface area (Å²) in [6, 6.07) is 5.25. The molecule has 7 heteroatoms. The number of nitrogens with one attached hydrogen (secondary N) is 1. The number of rotatable bonds is 6. The predicted octanol–water partition coefficient (Wildman–Crippen LogP) is 3.33. The van der Waals surface area contributed by atoms with Crippen LogP contribution in [0.15, 0.2) is 29.2 Å². The van der Waals surface area contributed by atoms with E-state index in [1.165, 1.54) is 23.9 Å². The summed E-state index contributed by atoms with van der Waals surface area (Å²) in [7, 11) is -2.14. The highest BCUT2D eigenvalue weighted by atomic mass is 32.2. The molecule has 0 unspecified atom stereocenters. The molecule has 0 bridgehead atoms. The summed E-state index contributed by atoms with van der Waals surface area (Å²) in [6.45, 7) is 1.07. The van der Waals surface area contributed by atoms with Gasteiger partial charge in [-0.25, -0.2) is 8.42 Å². The first kappa shape index (κ1) is 20.9. The summed E-state index contributed by atoms with van der Waals surface area (Å²) in [4.78, 5) is 12.3. The molecule has 0 atom stereocenters. The summed E-state index contributed by atoms with van der Waals surface area (Å²) < 4.78 is 32.9. The fourth-order valence-corrected chi connectivity index (χ4v) is 5.62. The molecule has 2 aliphatic rings. The van der Waals surface area contributed by atoms with Crippen molar-refractivity contribution in [2.24, 2.45) is 0 Å². The third-order valence-corrected chi connectivity index (χ3v) is 7.42. The number of benzene rings is 1. The number of ether oxygens (including phenoxy) is 1. The molecule has 2 fully saturated rings. The highest BCUT2D eigenvalue weighted by Gasteiger charge is 2.29. The van der Waals surface area contributed by atoms with Gasteiger partial charge in [-0.05, 0) is 49.5 Å². The molecule has 1 aromatic carbocycles. The fourth-order valence-electron chi connectivity index (χ4n) is 3.91. The van der Waals surface area contributed by atoms with E-state index in [0.29, 0.717) is 24.4 Å². The number of sulfonamides is 1. The average Bonchev–Trinajstić information content (AvgIpc) is 2.73. The third-order valence-electron chi connectivity index (χ3n) is 5.50. The predicted molar refractivity (Wildman–Crippen MR) is 110 cm³/mol. The molecule has 0 spiro atoms. The molecule has 154 valence electrons. The SMILES string of the molecule is COc1ccc(/C=C/C(=O)NC2CCCCC2)cc1S(=O)(=O)N1CCCCC1. The molecule has 1 aromatic rings. The van der Waals surface area contributed by atoms with Gasteiger partial charge < -0.3 is 10.1 Å². The molecule has 1 N–H and O–H groups in total. The van der Waals surface area contributed by atoms with E-state index in [0.717, 1.165) is 44.9 Å². The van der Waals surface area contributed by atoms with Crippen LogP contribution in [0.4, 0.5) is 0 Å². The first-order chi connectivity index (χ1) is 13.5. The largest absolute Gasteiger partial charge is 0.495 e. The Morgan fingerprint density at radius 1 is 1.11 bits per heavy atom. The lowest BCUT2D eigenvalue weighted by Crippen LogP contribution is -2.35. The summed E-state index contributed by atoms with van der Waals surface area (Å²) in [6.07, 6.45) is 11.6. The Morgan fingerprint density at radius 2 is 1.79 bits per heavy atom. The van der Waals surface area contributed by atoms with Crippen molar-refractivity contribution >= 4 is 22.0 Å². The van der Waals surface area contributed by atoms with E-state index in [-0.39, 0.29) is 16.8 Å². The van der Waals surface area contributed by atoms with Crippen LogP contribution in [0.3, 0.4) is 0 Å². The second-order valence-electron chi connectivity index (χ2n) is 7.55. The molecule has 1 amide bonds. The zero-order valence-corrected chi connectivity index (χ0v) is 17.3. The van der Waals surface area contributed by atoms with E-state index >= 15 is 0 Å². The number of piperidine rings is 1. The maximum atomic E-state index is 13.1. The van der Waals surface area contributed by atoms with Crippen molar-refractivity contribution in [3.63, 3.8) is 0 Å². The van der Waals surface area contributed by atoms with Gasteiger partial charge in [0.2, 0.25) is 15.9 Å². The van der Waals surface area contributed by atoms with Crippen molar-refractivity contribution in [3.05, 3.63) is 29.8 Å². The van der Waals surface area contributed by atoms with Crippen molar-refractivity contribution in [1.29, 1.82) is 0 Å². The second kappa shape index (κ2) is 9.56. The van der Waals surface area contributed by atoms with Gasteiger partial charge in [-0.15, -0.1) is 0 Å². The van der Waals surface area contributed by atoms with E-state index < -0.39 is 10.0 Å². The summed E-state index contributed by atoms with van der Waals surface area (Å²) in [5, 5.41) is 3.03. The minimum Gasteiger partial charge on any atom is -0.495 e. The van der Waals surface area contributed by atoms with E-state index in [2.05, 4.69) is 5.32 Å². The Kier molecular flexibility index (Phi) is 7.13. The molecule has 1 saturated carbocycles. The Balaban J connectivity index is 1.75. The topological polar surface area (TPSA) is 75.7 Å². The molecule has 3 rings (SSSR count). The van der Waals surface area contributed by atoms with Crippen LogP contribution < -0.4 is 10.1 Å². The molecular weight excluding hydrogens is 376 g/mol. The minimum absolute atomic E-state index is 0.136. The van der Waals surface area contributed by atoms with Gasteiger partial charge in [0, 0.05) is 25.2 Å². The number of carbonyl (C=O) groups excluding carboxylic acids is 1. The van der Waals surface area contributed by atoms with Crippen LogP contribution in [0, 0.1) is 0 Å². The Hall–Kier alpha value is -1.86. The Bertz CT molecular complexity index is 808. The number of amides is 1. The lowest BCUT2D eigenvalue weighted by atomic mass is 9.95. The van der Waals surface area contributed by atoms with E-state index in [1.54, 1.807) is 24.3 Å². The van der Waals surface area contributed by atoms with Crippen LogP contribution in [-0.2, 0) is 14.8 Å². The van der Waals surface area contributed by atoms with Crippen LogP contribution in [-0.4, -0.2) is 44.9 Å². The molecule has 0 aromatic heterocycles. The van der Waals surface area contributed by atoms with E-state index in [1.807, 2.05) is 0 Å². The quantitative estimate of drug-likeness (QED) is 0.735. The van der Waals surface area contributed by atoms with Crippen LogP contribution >= 0.6 is 0 Å². The smallest absolute Gasteiger partial charge is 0.246 e. The summed E-state index contributed by atoms with van der Waals surface area (Å²) in [5.74, 6) is 0.192. The fraction of sp³-hybridized carbons (Fsp3) is 0.571. The number of nitrogens with zero attached hydrogens (tertiary/aromatic N) is 1. The van der Waals surface area contributed by atoms with Crippen molar-refractivity contribution in [3.8, 4) is 5.75 Å². The molecule has 1 saturated heterocycles. The van der Waals surface area contributed by atoms with Crippen molar-refractivity contribution in [2.75, 3.05) is 20.2 Å². The van der Waals surface area contributed by atoms with Crippen molar-refractivity contribution < 1.29 is 17.9 Å². The molecular formula is C21H30N2O4S. The standard InChI is InChI=1S/C21H30N2O4S/c1-27-19-12-10-17(11-13-21(24)22-18-8-4-2-5-9-18)16-20(19)28(25,26)23-14-6-3-7-15-23/h10-13,16,18H,2-9,14-15H2,1H3,(H,22,24)/b13-11+. The van der Waals surface area contributed by atoms with Gasteiger partial charge >= 0.3 is 0 Å². The van der Waals surface area contributed by atoms with Gasteiger partial charge in [0.1, 0.15) is 10.6 Å². The van der Waals surface area contributed by atoms with Gasteiger partial charge in [-0.2, -0.15) is 4.31 Å². The maximum Gasteiger partial charge on any atom is 0.246 e. The van der Waals surface area contributed by atoms with Crippen LogP contribution in [0.25, 0.3) is 6.08 Å². The van der Waals surface area contributed by atoms with Crippen LogP contribution in [0.2, 0.25) is 0 Å². The Morgan fingerprint density at radius 3 is 2.46 bits per heavy atom. The van der Waals surface area contributed by atoms with Crippen molar-refractivity contribution in [1.82, 2.24) is 9.62 Å². The van der Waals surface area contributed by atoms with Crippen LogP contribution in [0.5, 0.6) is 5.75 Å². The highest BCUT2D eigenvalue weighted by molar-refractivity contribution is 7.89. The number of carbonyl (C=O) groups is 1. The maximum absolute atomic E-state index is 13.1. The normalized spacial score (nSPS) is 19.6. The van der Waals surface area contributed by atoms with Gasteiger partial charge in [-0.3, -0.25) is 4.79 Å². The zero-order chi connectivity index (χ0) is 20.0. The summed E-state index contributed by atoms with van der Waals surface area (Å²) in [5.41, 5.74) is 0.662. The third kappa shape index (κ3) is 5.14. The number of hydrogen-bond donors (Lipinski definition) is 1. The first-order valence-corrected chi connectivity index (χ1v) is 11.6. The molecule has 1 heterocycles.